The molecule has 2 unspecified atom stereocenters. The fraction of sp³-hybridized carbons (Fsp3) is 0.650. The van der Waals surface area contributed by atoms with Gasteiger partial charge in [-0.15, -0.1) is 0 Å². The Hall–Kier alpha value is -1.35. The van der Waals surface area contributed by atoms with Crippen LogP contribution in [0.25, 0.3) is 0 Å². The SMILES string of the molecule is O=C(CC1(O)CCCC1)N1CC2CCCCC21c1ccccc1. The van der Waals surface area contributed by atoms with Gasteiger partial charge < -0.3 is 10.0 Å². The molecule has 1 aliphatic heterocycles. The molecule has 2 saturated carbocycles. The third kappa shape index (κ3) is 2.40. The van der Waals surface area contributed by atoms with E-state index in [0.29, 0.717) is 12.3 Å². The highest BCUT2D eigenvalue weighted by Gasteiger charge is 2.57. The molecule has 0 spiro atoms. The molecule has 1 N–H and O–H groups in total. The number of nitrogens with zero attached hydrogens (tertiary/aromatic N) is 1. The lowest BCUT2D eigenvalue weighted by Crippen LogP contribution is -2.68. The normalized spacial score (nSPS) is 32.2. The van der Waals surface area contributed by atoms with Crippen molar-refractivity contribution in [2.75, 3.05) is 6.54 Å². The van der Waals surface area contributed by atoms with E-state index >= 15 is 0 Å². The molecule has 3 fully saturated rings. The Balaban J connectivity index is 1.59. The van der Waals surface area contributed by atoms with Crippen molar-refractivity contribution >= 4 is 5.91 Å². The van der Waals surface area contributed by atoms with Crippen molar-refractivity contribution in [3.05, 3.63) is 35.9 Å². The van der Waals surface area contributed by atoms with Crippen LogP contribution < -0.4 is 0 Å². The summed E-state index contributed by atoms with van der Waals surface area (Å²) in [6.45, 7) is 0.879. The van der Waals surface area contributed by atoms with Crippen LogP contribution in [-0.4, -0.2) is 28.1 Å². The van der Waals surface area contributed by atoms with Crippen LogP contribution in [0, 0.1) is 5.92 Å². The third-order valence-electron chi connectivity index (χ3n) is 6.51. The van der Waals surface area contributed by atoms with E-state index in [1.54, 1.807) is 0 Å². The predicted octanol–water partition coefficient (Wildman–Crippen LogP) is 3.61. The number of hydrogen-bond donors (Lipinski definition) is 1. The molecular formula is C20H27NO2. The molecule has 1 heterocycles. The molecule has 124 valence electrons. The zero-order chi connectivity index (χ0) is 15.9. The highest BCUT2D eigenvalue weighted by Crippen LogP contribution is 2.54. The molecule has 1 aromatic carbocycles. The Morgan fingerprint density at radius 3 is 2.48 bits per heavy atom. The van der Waals surface area contributed by atoms with Gasteiger partial charge in [0.05, 0.1) is 17.6 Å². The second-order valence-corrected chi connectivity index (χ2v) is 7.85. The zero-order valence-electron chi connectivity index (χ0n) is 13.8. The smallest absolute Gasteiger partial charge is 0.226 e. The Kier molecular flexibility index (Phi) is 3.72. The molecule has 3 nitrogen and oxygen atoms in total. The van der Waals surface area contributed by atoms with Crippen LogP contribution in [0.15, 0.2) is 30.3 Å². The summed E-state index contributed by atoms with van der Waals surface area (Å²) in [7, 11) is 0. The molecule has 2 atom stereocenters. The maximum atomic E-state index is 13.0. The van der Waals surface area contributed by atoms with Crippen LogP contribution in [-0.2, 0) is 10.3 Å². The molecule has 1 aromatic rings. The molecule has 1 amide bonds. The Morgan fingerprint density at radius 1 is 1.09 bits per heavy atom. The van der Waals surface area contributed by atoms with Gasteiger partial charge in [0.25, 0.3) is 0 Å². The summed E-state index contributed by atoms with van der Waals surface area (Å²) >= 11 is 0. The minimum Gasteiger partial charge on any atom is -0.389 e. The summed E-state index contributed by atoms with van der Waals surface area (Å²) in [5, 5.41) is 10.6. The average Bonchev–Trinajstić information content (AvgIpc) is 2.95. The van der Waals surface area contributed by atoms with E-state index in [9.17, 15) is 9.90 Å². The molecule has 2 aliphatic carbocycles. The van der Waals surface area contributed by atoms with Crippen molar-refractivity contribution in [1.29, 1.82) is 0 Å². The second-order valence-electron chi connectivity index (χ2n) is 7.85. The van der Waals surface area contributed by atoms with Crippen molar-refractivity contribution in [2.24, 2.45) is 5.92 Å². The highest BCUT2D eigenvalue weighted by molar-refractivity contribution is 5.80. The number of benzene rings is 1. The first-order chi connectivity index (χ1) is 11.1. The van der Waals surface area contributed by atoms with E-state index < -0.39 is 5.60 Å². The summed E-state index contributed by atoms with van der Waals surface area (Å²) in [6, 6.07) is 10.6. The van der Waals surface area contributed by atoms with Gasteiger partial charge in [0, 0.05) is 12.5 Å². The molecule has 1 saturated heterocycles. The van der Waals surface area contributed by atoms with Crippen molar-refractivity contribution in [3.8, 4) is 0 Å². The lowest BCUT2D eigenvalue weighted by molar-refractivity contribution is -0.171. The molecule has 4 rings (SSSR count). The van der Waals surface area contributed by atoms with Gasteiger partial charge in [-0.05, 0) is 31.2 Å². The average molecular weight is 313 g/mol. The monoisotopic (exact) mass is 313 g/mol. The molecule has 0 bridgehead atoms. The first kappa shape index (κ1) is 15.2. The number of carbonyl (C=O) groups is 1. The maximum absolute atomic E-state index is 13.0. The fourth-order valence-electron chi connectivity index (χ4n) is 5.27. The van der Waals surface area contributed by atoms with Crippen molar-refractivity contribution < 1.29 is 9.90 Å². The van der Waals surface area contributed by atoms with Gasteiger partial charge in [-0.2, -0.15) is 0 Å². The van der Waals surface area contributed by atoms with Crippen LogP contribution >= 0.6 is 0 Å². The number of rotatable bonds is 3. The van der Waals surface area contributed by atoms with Crippen LogP contribution in [0.5, 0.6) is 0 Å². The van der Waals surface area contributed by atoms with Gasteiger partial charge in [-0.1, -0.05) is 56.0 Å². The van der Waals surface area contributed by atoms with Crippen LogP contribution in [0.3, 0.4) is 0 Å². The van der Waals surface area contributed by atoms with Crippen LogP contribution in [0.2, 0.25) is 0 Å². The Morgan fingerprint density at radius 2 is 1.78 bits per heavy atom. The molecule has 0 radical (unpaired) electrons. The lowest BCUT2D eigenvalue weighted by atomic mass is 9.61. The van der Waals surface area contributed by atoms with Crippen molar-refractivity contribution in [2.45, 2.75) is 68.9 Å². The maximum Gasteiger partial charge on any atom is 0.226 e. The number of hydrogen-bond acceptors (Lipinski definition) is 2. The topological polar surface area (TPSA) is 40.5 Å². The van der Waals surface area contributed by atoms with E-state index in [2.05, 4.69) is 29.2 Å². The lowest BCUT2D eigenvalue weighted by Gasteiger charge is -2.62. The van der Waals surface area contributed by atoms with E-state index in [4.69, 9.17) is 0 Å². The number of carbonyl (C=O) groups excluding carboxylic acids is 1. The van der Waals surface area contributed by atoms with Gasteiger partial charge in [0.2, 0.25) is 5.91 Å². The van der Waals surface area contributed by atoms with Gasteiger partial charge in [-0.25, -0.2) is 0 Å². The van der Waals surface area contributed by atoms with E-state index in [1.165, 1.54) is 24.8 Å². The van der Waals surface area contributed by atoms with E-state index in [0.717, 1.165) is 38.6 Å². The standard InChI is InChI=1S/C20H27NO2/c22-18(14-19(23)11-6-7-12-19)21-15-17-10-4-5-13-20(17,21)16-8-2-1-3-9-16/h1-3,8-9,17,23H,4-7,10-15H2. The van der Waals surface area contributed by atoms with Crippen LogP contribution in [0.4, 0.5) is 0 Å². The Labute approximate surface area is 138 Å². The van der Waals surface area contributed by atoms with Crippen LogP contribution in [0.1, 0.15) is 63.4 Å². The minimum absolute atomic E-state index is 0.0917. The van der Waals surface area contributed by atoms with E-state index in [1.807, 2.05) is 6.07 Å². The van der Waals surface area contributed by atoms with E-state index in [-0.39, 0.29) is 11.4 Å². The Bertz CT molecular complexity index is 579. The highest BCUT2D eigenvalue weighted by atomic mass is 16.3. The number of amides is 1. The summed E-state index contributed by atoms with van der Waals surface area (Å²) in [5.41, 5.74) is 0.461. The largest absolute Gasteiger partial charge is 0.389 e. The van der Waals surface area contributed by atoms with Gasteiger partial charge in [0.15, 0.2) is 0 Å². The second kappa shape index (κ2) is 5.62. The van der Waals surface area contributed by atoms with Gasteiger partial charge >= 0.3 is 0 Å². The fourth-order valence-corrected chi connectivity index (χ4v) is 5.27. The molecule has 3 aliphatic rings. The summed E-state index contributed by atoms with van der Waals surface area (Å²) in [6.07, 6.45) is 8.77. The summed E-state index contributed by atoms with van der Waals surface area (Å²) in [4.78, 5) is 15.1. The molecular weight excluding hydrogens is 286 g/mol. The van der Waals surface area contributed by atoms with Crippen molar-refractivity contribution in [3.63, 3.8) is 0 Å². The van der Waals surface area contributed by atoms with Crippen molar-refractivity contribution in [1.82, 2.24) is 4.90 Å². The zero-order valence-corrected chi connectivity index (χ0v) is 13.8. The minimum atomic E-state index is -0.741. The third-order valence-corrected chi connectivity index (χ3v) is 6.51. The number of aliphatic hydroxyl groups is 1. The molecule has 3 heteroatoms. The molecule has 0 aromatic heterocycles. The first-order valence-electron chi connectivity index (χ1n) is 9.22. The number of likely N-dealkylation sites (tertiary alicyclic amines) is 1. The van der Waals surface area contributed by atoms with Gasteiger partial charge in [-0.3, -0.25) is 4.79 Å². The number of fused-ring (bicyclic) bond motifs is 1. The summed E-state index contributed by atoms with van der Waals surface area (Å²) in [5.74, 6) is 0.761. The first-order valence-corrected chi connectivity index (χ1v) is 9.22. The van der Waals surface area contributed by atoms with Gasteiger partial charge in [0.1, 0.15) is 0 Å². The summed E-state index contributed by atoms with van der Waals surface area (Å²) < 4.78 is 0. The predicted molar refractivity (Wildman–Crippen MR) is 89.8 cm³/mol. The molecule has 23 heavy (non-hydrogen) atoms. The quantitative estimate of drug-likeness (QED) is 0.926.